The number of ether oxygens (including phenoxy) is 1. The average Bonchev–Trinajstić information content (AvgIpc) is 2.26. The Balaban J connectivity index is 3.63. The van der Waals surface area contributed by atoms with Crippen LogP contribution in [0.5, 0.6) is 5.75 Å². The highest BCUT2D eigenvalue weighted by Gasteiger charge is 2.27. The predicted octanol–water partition coefficient (Wildman–Crippen LogP) is 1.53. The van der Waals surface area contributed by atoms with E-state index in [-0.39, 0.29) is 11.3 Å². The Kier molecular flexibility index (Phi) is 3.37. The molecule has 0 saturated carbocycles. The summed E-state index contributed by atoms with van der Waals surface area (Å²) in [6.45, 7) is 3.04. The van der Waals surface area contributed by atoms with Crippen molar-refractivity contribution in [1.29, 1.82) is 0 Å². The summed E-state index contributed by atoms with van der Waals surface area (Å²) in [4.78, 5) is 30.7. The van der Waals surface area contributed by atoms with Gasteiger partial charge < -0.3 is 4.74 Å². The summed E-state index contributed by atoms with van der Waals surface area (Å²) in [5.41, 5.74) is -1.61. The minimum atomic E-state index is -0.895. The summed E-state index contributed by atoms with van der Waals surface area (Å²) in [7, 11) is 1.15. The van der Waals surface area contributed by atoms with Crippen molar-refractivity contribution in [3.8, 4) is 5.75 Å². The molecule has 0 atom stereocenters. The molecule has 1 aromatic carbocycles. The number of ketones is 1. The van der Waals surface area contributed by atoms with Crippen LogP contribution in [0.2, 0.25) is 0 Å². The van der Waals surface area contributed by atoms with Crippen LogP contribution in [-0.4, -0.2) is 22.7 Å². The molecule has 1 radical (unpaired) electrons. The van der Waals surface area contributed by atoms with Gasteiger partial charge in [-0.15, -0.1) is 0 Å². The lowest BCUT2D eigenvalue weighted by atomic mass is 10.1. The molecule has 17 heavy (non-hydrogen) atoms. The topological polar surface area (TPSA) is 113 Å². The van der Waals surface area contributed by atoms with Crippen LogP contribution in [-0.2, 0) is 0 Å². The summed E-state index contributed by atoms with van der Waals surface area (Å²) in [6, 6.07) is 1.63. The van der Waals surface area contributed by atoms with E-state index in [1.807, 2.05) is 0 Å². The van der Waals surface area contributed by atoms with Crippen molar-refractivity contribution in [2.45, 2.75) is 0 Å². The molecule has 8 heteroatoms. The van der Waals surface area contributed by atoms with Crippen LogP contribution in [0, 0.1) is 27.2 Å². The second-order valence-electron chi connectivity index (χ2n) is 2.98. The summed E-state index contributed by atoms with van der Waals surface area (Å²) in [5.74, 6) is -1.09. The lowest BCUT2D eigenvalue weighted by Crippen LogP contribution is -2.05. The van der Waals surface area contributed by atoms with Crippen molar-refractivity contribution >= 4 is 17.2 Å². The Hall–Kier alpha value is -2.51. The van der Waals surface area contributed by atoms with Gasteiger partial charge in [0.25, 0.3) is 11.4 Å². The standard InChI is InChI=1S/C9H7N2O6/c1-5(12)9-7(11(15)16)3-6(10(13)14)4-8(9)17-2/h3-4H,1H2,2H3. The van der Waals surface area contributed by atoms with Gasteiger partial charge in [-0.25, -0.2) is 0 Å². The molecule has 1 aromatic rings. The zero-order valence-corrected chi connectivity index (χ0v) is 8.71. The molecule has 0 aliphatic rings. The van der Waals surface area contributed by atoms with E-state index in [9.17, 15) is 25.0 Å². The smallest absolute Gasteiger partial charge is 0.290 e. The highest BCUT2D eigenvalue weighted by Crippen LogP contribution is 2.33. The van der Waals surface area contributed by atoms with Gasteiger partial charge in [0.2, 0.25) is 0 Å². The molecule has 0 saturated heterocycles. The molecule has 0 amide bonds. The van der Waals surface area contributed by atoms with Gasteiger partial charge in [0, 0.05) is 6.92 Å². The third-order valence-electron chi connectivity index (χ3n) is 1.97. The van der Waals surface area contributed by atoms with Crippen molar-refractivity contribution in [1.82, 2.24) is 0 Å². The number of nitro benzene ring substituents is 2. The molecule has 0 aliphatic heterocycles. The molecule has 0 N–H and O–H groups in total. The molecular formula is C9H7N2O6. The Bertz CT molecular complexity index is 510. The van der Waals surface area contributed by atoms with Gasteiger partial charge in [0.05, 0.1) is 29.1 Å². The monoisotopic (exact) mass is 239 g/mol. The van der Waals surface area contributed by atoms with Crippen LogP contribution in [0.4, 0.5) is 11.4 Å². The number of nitrogens with zero attached hydrogens (tertiary/aromatic N) is 2. The number of non-ortho nitro benzene ring substituents is 1. The molecule has 0 aromatic heterocycles. The number of hydrogen-bond acceptors (Lipinski definition) is 6. The van der Waals surface area contributed by atoms with Crippen molar-refractivity contribution in [2.75, 3.05) is 7.11 Å². The number of rotatable bonds is 4. The van der Waals surface area contributed by atoms with Crippen LogP contribution in [0.15, 0.2) is 12.1 Å². The first-order chi connectivity index (χ1) is 7.88. The molecular weight excluding hydrogens is 232 g/mol. The third-order valence-corrected chi connectivity index (χ3v) is 1.97. The SMILES string of the molecule is [CH2]C(=O)c1c(OC)cc([N+](=O)[O-])cc1[N+](=O)[O-]. The van der Waals surface area contributed by atoms with Crippen molar-refractivity contribution in [2.24, 2.45) is 0 Å². The zero-order chi connectivity index (χ0) is 13.2. The number of Topliss-reactive ketones (excluding diaryl/α,β-unsaturated/α-hetero) is 1. The maximum Gasteiger partial charge on any atom is 0.290 e. The Morgan fingerprint density at radius 2 is 1.88 bits per heavy atom. The quantitative estimate of drug-likeness (QED) is 0.447. The van der Waals surface area contributed by atoms with Crippen molar-refractivity contribution in [3.63, 3.8) is 0 Å². The zero-order valence-electron chi connectivity index (χ0n) is 8.71. The van der Waals surface area contributed by atoms with Gasteiger partial charge in [-0.3, -0.25) is 25.0 Å². The summed E-state index contributed by atoms with van der Waals surface area (Å²) < 4.78 is 4.72. The van der Waals surface area contributed by atoms with E-state index < -0.39 is 27.0 Å². The highest BCUT2D eigenvalue weighted by atomic mass is 16.6. The highest BCUT2D eigenvalue weighted by molar-refractivity contribution is 6.05. The molecule has 0 fully saturated rings. The van der Waals surface area contributed by atoms with E-state index in [0.717, 1.165) is 13.2 Å². The first-order valence-corrected chi connectivity index (χ1v) is 4.25. The molecule has 0 unspecified atom stereocenters. The Labute approximate surface area is 95.1 Å². The number of nitro groups is 2. The van der Waals surface area contributed by atoms with E-state index in [0.29, 0.717) is 6.07 Å². The summed E-state index contributed by atoms with van der Waals surface area (Å²) >= 11 is 0. The minimum Gasteiger partial charge on any atom is -0.495 e. The first kappa shape index (κ1) is 12.6. The van der Waals surface area contributed by atoms with Crippen LogP contribution in [0.3, 0.4) is 0 Å². The Morgan fingerprint density at radius 3 is 2.24 bits per heavy atom. The lowest BCUT2D eigenvalue weighted by molar-refractivity contribution is -0.394. The second-order valence-corrected chi connectivity index (χ2v) is 2.98. The largest absolute Gasteiger partial charge is 0.495 e. The third kappa shape index (κ3) is 2.36. The maximum absolute atomic E-state index is 11.2. The van der Waals surface area contributed by atoms with Crippen molar-refractivity contribution < 1.29 is 19.4 Å². The van der Waals surface area contributed by atoms with Crippen LogP contribution >= 0.6 is 0 Å². The second kappa shape index (κ2) is 4.56. The van der Waals surface area contributed by atoms with Gasteiger partial charge in [-0.2, -0.15) is 0 Å². The average molecular weight is 239 g/mol. The van der Waals surface area contributed by atoms with Gasteiger partial charge in [0.1, 0.15) is 11.3 Å². The van der Waals surface area contributed by atoms with E-state index in [2.05, 4.69) is 6.92 Å². The van der Waals surface area contributed by atoms with Crippen molar-refractivity contribution in [3.05, 3.63) is 44.8 Å². The predicted molar refractivity (Wildman–Crippen MR) is 56.0 cm³/mol. The molecule has 1 rings (SSSR count). The minimum absolute atomic E-state index is 0.245. The number of benzene rings is 1. The molecule has 0 bridgehead atoms. The fourth-order valence-corrected chi connectivity index (χ4v) is 1.28. The first-order valence-electron chi connectivity index (χ1n) is 4.25. The van der Waals surface area contributed by atoms with Crippen LogP contribution in [0.1, 0.15) is 10.4 Å². The summed E-state index contributed by atoms with van der Waals surface area (Å²) in [6.07, 6.45) is 0. The lowest BCUT2D eigenvalue weighted by Gasteiger charge is -2.05. The Morgan fingerprint density at radius 1 is 1.29 bits per heavy atom. The van der Waals surface area contributed by atoms with Gasteiger partial charge in [-0.1, -0.05) is 0 Å². The molecule has 0 spiro atoms. The van der Waals surface area contributed by atoms with E-state index in [4.69, 9.17) is 4.74 Å². The van der Waals surface area contributed by atoms with Gasteiger partial charge in [-0.05, 0) is 0 Å². The van der Waals surface area contributed by atoms with Gasteiger partial charge >= 0.3 is 0 Å². The number of carbonyl (C=O) groups excluding carboxylic acids is 1. The van der Waals surface area contributed by atoms with Crippen LogP contribution < -0.4 is 4.74 Å². The van der Waals surface area contributed by atoms with Crippen LogP contribution in [0.25, 0.3) is 0 Å². The van der Waals surface area contributed by atoms with Gasteiger partial charge in [0.15, 0.2) is 5.78 Å². The summed E-state index contributed by atoms with van der Waals surface area (Å²) in [5, 5.41) is 21.3. The number of carbonyl (C=O) groups is 1. The van der Waals surface area contributed by atoms with E-state index in [1.54, 1.807) is 0 Å². The van der Waals surface area contributed by atoms with E-state index in [1.165, 1.54) is 0 Å². The molecule has 0 heterocycles. The normalized spacial score (nSPS) is 9.76. The molecule has 89 valence electrons. The fourth-order valence-electron chi connectivity index (χ4n) is 1.28. The number of methoxy groups -OCH3 is 1. The number of hydrogen-bond donors (Lipinski definition) is 0. The van der Waals surface area contributed by atoms with E-state index >= 15 is 0 Å². The molecule has 0 aliphatic carbocycles. The maximum atomic E-state index is 11.2. The fraction of sp³-hybridized carbons (Fsp3) is 0.111. The molecule has 8 nitrogen and oxygen atoms in total.